The number of unbranched alkanes of at least 4 members (excludes halogenated alkanes) is 1. The summed E-state index contributed by atoms with van der Waals surface area (Å²) in [6.45, 7) is 5.63. The van der Waals surface area contributed by atoms with Gasteiger partial charge in [0, 0.05) is 6.07 Å². The van der Waals surface area contributed by atoms with E-state index in [0.29, 0.717) is 6.42 Å². The van der Waals surface area contributed by atoms with Gasteiger partial charge in [-0.15, -0.1) is 0 Å². The molecule has 0 aliphatic rings. The van der Waals surface area contributed by atoms with Gasteiger partial charge in [-0.1, -0.05) is 13.3 Å². The highest BCUT2D eigenvalue weighted by molar-refractivity contribution is 5.93. The number of nitro groups is 1. The first-order chi connectivity index (χ1) is 9.88. The molecule has 0 bridgehead atoms. The Morgan fingerprint density at radius 2 is 2.05 bits per heavy atom. The van der Waals surface area contributed by atoms with Gasteiger partial charge in [0.15, 0.2) is 5.75 Å². The predicted octanol–water partition coefficient (Wildman–Crippen LogP) is 3.26. The van der Waals surface area contributed by atoms with Crippen LogP contribution in [0.2, 0.25) is 0 Å². The first-order valence-electron chi connectivity index (χ1n) is 6.72. The average molecular weight is 297 g/mol. The molecule has 0 aliphatic carbocycles. The average Bonchev–Trinajstić information content (AvgIpc) is 2.38. The Morgan fingerprint density at radius 3 is 2.52 bits per heavy atom. The summed E-state index contributed by atoms with van der Waals surface area (Å²) in [6.07, 6.45) is 1.22. The Hall–Kier alpha value is -2.31. The van der Waals surface area contributed by atoms with Crippen molar-refractivity contribution in [1.82, 2.24) is 0 Å². The molecule has 116 valence electrons. The van der Waals surface area contributed by atoms with Crippen LogP contribution in [-0.4, -0.2) is 28.7 Å². The molecule has 0 atom stereocenters. The van der Waals surface area contributed by atoms with Crippen LogP contribution in [0, 0.1) is 10.1 Å². The van der Waals surface area contributed by atoms with Gasteiger partial charge in [-0.3, -0.25) is 10.1 Å². The molecule has 0 saturated carbocycles. The van der Waals surface area contributed by atoms with Crippen molar-refractivity contribution >= 4 is 11.7 Å². The molecule has 7 nitrogen and oxygen atoms in total. The number of carboxylic acid groups (broad SMARTS) is 1. The lowest BCUT2D eigenvalue weighted by Gasteiger charge is -2.16. The number of hydrogen-bond donors (Lipinski definition) is 1. The van der Waals surface area contributed by atoms with E-state index in [1.807, 2.05) is 6.92 Å². The Bertz CT molecular complexity index is 526. The number of nitrogens with zero attached hydrogens (tertiary/aromatic N) is 1. The molecule has 0 radical (unpaired) electrons. The van der Waals surface area contributed by atoms with E-state index < -0.39 is 10.9 Å². The minimum Gasteiger partial charge on any atom is -0.489 e. The van der Waals surface area contributed by atoms with Gasteiger partial charge in [0.25, 0.3) is 0 Å². The maximum atomic E-state index is 11.3. The summed E-state index contributed by atoms with van der Waals surface area (Å²) in [6, 6.07) is 2.28. The van der Waals surface area contributed by atoms with E-state index in [1.165, 1.54) is 0 Å². The molecule has 1 aromatic rings. The second-order valence-electron chi connectivity index (χ2n) is 4.72. The summed E-state index contributed by atoms with van der Waals surface area (Å²) in [5.41, 5.74) is -0.451. The summed E-state index contributed by atoms with van der Waals surface area (Å²) >= 11 is 0. The SMILES string of the molecule is CCCCOc1c(C(=O)O)ccc([N+](=O)[O-])c1OC(C)C. The molecular formula is C14H19NO6. The Kier molecular flexibility index (Phi) is 5.95. The summed E-state index contributed by atoms with van der Waals surface area (Å²) in [4.78, 5) is 21.7. The number of carbonyl (C=O) groups is 1. The number of rotatable bonds is 8. The van der Waals surface area contributed by atoms with E-state index >= 15 is 0 Å². The molecular weight excluding hydrogens is 278 g/mol. The lowest BCUT2D eigenvalue weighted by molar-refractivity contribution is -0.386. The molecule has 1 N–H and O–H groups in total. The number of ether oxygens (including phenoxy) is 2. The van der Waals surface area contributed by atoms with Crippen molar-refractivity contribution in [3.05, 3.63) is 27.8 Å². The summed E-state index contributed by atoms with van der Waals surface area (Å²) in [5, 5.41) is 20.3. The van der Waals surface area contributed by atoms with Crippen LogP contribution in [0.1, 0.15) is 44.0 Å². The van der Waals surface area contributed by atoms with Crippen molar-refractivity contribution in [2.45, 2.75) is 39.7 Å². The standard InChI is InChI=1S/C14H19NO6/c1-4-5-8-20-12-10(14(16)17)6-7-11(15(18)19)13(12)21-9(2)3/h6-7,9H,4-5,8H2,1-3H3,(H,16,17). The van der Waals surface area contributed by atoms with Gasteiger partial charge in [0.1, 0.15) is 5.56 Å². The van der Waals surface area contributed by atoms with Gasteiger partial charge in [-0.25, -0.2) is 4.79 Å². The normalized spacial score (nSPS) is 10.5. The number of benzene rings is 1. The number of aromatic carboxylic acids is 1. The largest absolute Gasteiger partial charge is 0.489 e. The van der Waals surface area contributed by atoms with Crippen LogP contribution in [0.15, 0.2) is 12.1 Å². The molecule has 0 heterocycles. The molecule has 0 aromatic heterocycles. The van der Waals surface area contributed by atoms with Crippen LogP contribution in [0.3, 0.4) is 0 Å². The van der Waals surface area contributed by atoms with Crippen LogP contribution >= 0.6 is 0 Å². The van der Waals surface area contributed by atoms with E-state index in [1.54, 1.807) is 13.8 Å². The van der Waals surface area contributed by atoms with Crippen LogP contribution in [0.4, 0.5) is 5.69 Å². The zero-order chi connectivity index (χ0) is 16.0. The lowest BCUT2D eigenvalue weighted by Crippen LogP contribution is -2.12. The maximum absolute atomic E-state index is 11.3. The third-order valence-corrected chi connectivity index (χ3v) is 2.62. The Balaban J connectivity index is 3.36. The molecule has 0 fully saturated rings. The number of hydrogen-bond acceptors (Lipinski definition) is 5. The number of nitro benzene ring substituents is 1. The molecule has 0 saturated heterocycles. The topological polar surface area (TPSA) is 98.9 Å². The number of carboxylic acids is 1. The summed E-state index contributed by atoms with van der Waals surface area (Å²) < 4.78 is 10.9. The highest BCUT2D eigenvalue weighted by Crippen LogP contribution is 2.40. The van der Waals surface area contributed by atoms with Gasteiger partial charge < -0.3 is 14.6 Å². The molecule has 0 unspecified atom stereocenters. The molecule has 0 aliphatic heterocycles. The van der Waals surface area contributed by atoms with E-state index in [2.05, 4.69) is 0 Å². The fraction of sp³-hybridized carbons (Fsp3) is 0.500. The molecule has 0 amide bonds. The van der Waals surface area contributed by atoms with Crippen LogP contribution in [0.5, 0.6) is 11.5 Å². The van der Waals surface area contributed by atoms with Gasteiger partial charge >= 0.3 is 11.7 Å². The van der Waals surface area contributed by atoms with E-state index in [4.69, 9.17) is 9.47 Å². The summed E-state index contributed by atoms with van der Waals surface area (Å²) in [5.74, 6) is -1.44. The molecule has 7 heteroatoms. The van der Waals surface area contributed by atoms with Crippen molar-refractivity contribution in [3.63, 3.8) is 0 Å². The zero-order valence-corrected chi connectivity index (χ0v) is 12.3. The zero-order valence-electron chi connectivity index (χ0n) is 12.3. The molecule has 1 rings (SSSR count). The quantitative estimate of drug-likeness (QED) is 0.449. The van der Waals surface area contributed by atoms with Gasteiger partial charge in [0.2, 0.25) is 5.75 Å². The maximum Gasteiger partial charge on any atom is 0.339 e. The van der Waals surface area contributed by atoms with Crippen molar-refractivity contribution in [3.8, 4) is 11.5 Å². The Labute approximate surface area is 122 Å². The fourth-order valence-electron chi connectivity index (χ4n) is 1.68. The minimum atomic E-state index is -1.22. The van der Waals surface area contributed by atoms with E-state index in [-0.39, 0.29) is 35.5 Å². The second-order valence-corrected chi connectivity index (χ2v) is 4.72. The fourth-order valence-corrected chi connectivity index (χ4v) is 1.68. The Morgan fingerprint density at radius 1 is 1.38 bits per heavy atom. The van der Waals surface area contributed by atoms with Gasteiger partial charge in [-0.05, 0) is 26.3 Å². The lowest BCUT2D eigenvalue weighted by atomic mass is 10.1. The minimum absolute atomic E-state index is 0.0844. The van der Waals surface area contributed by atoms with Crippen LogP contribution in [-0.2, 0) is 0 Å². The molecule has 0 spiro atoms. The van der Waals surface area contributed by atoms with Crippen molar-refractivity contribution in [2.24, 2.45) is 0 Å². The van der Waals surface area contributed by atoms with Crippen LogP contribution < -0.4 is 9.47 Å². The first kappa shape index (κ1) is 16.7. The van der Waals surface area contributed by atoms with Gasteiger partial charge in [0.05, 0.1) is 17.6 Å². The molecule has 1 aromatic carbocycles. The third kappa shape index (κ3) is 4.34. The predicted molar refractivity (Wildman–Crippen MR) is 76.2 cm³/mol. The van der Waals surface area contributed by atoms with E-state index in [9.17, 15) is 20.0 Å². The van der Waals surface area contributed by atoms with Crippen molar-refractivity contribution < 1.29 is 24.3 Å². The first-order valence-corrected chi connectivity index (χ1v) is 6.72. The highest BCUT2D eigenvalue weighted by atomic mass is 16.6. The van der Waals surface area contributed by atoms with Crippen LogP contribution in [0.25, 0.3) is 0 Å². The van der Waals surface area contributed by atoms with E-state index in [0.717, 1.165) is 18.6 Å². The van der Waals surface area contributed by atoms with Crippen molar-refractivity contribution in [2.75, 3.05) is 6.61 Å². The summed E-state index contributed by atoms with van der Waals surface area (Å²) in [7, 11) is 0. The monoisotopic (exact) mass is 297 g/mol. The van der Waals surface area contributed by atoms with Crippen molar-refractivity contribution in [1.29, 1.82) is 0 Å². The third-order valence-electron chi connectivity index (χ3n) is 2.62. The smallest absolute Gasteiger partial charge is 0.339 e. The highest BCUT2D eigenvalue weighted by Gasteiger charge is 2.27. The molecule has 21 heavy (non-hydrogen) atoms. The second kappa shape index (κ2) is 7.47. The van der Waals surface area contributed by atoms with Gasteiger partial charge in [-0.2, -0.15) is 0 Å².